The van der Waals surface area contributed by atoms with E-state index in [-0.39, 0.29) is 11.8 Å². The first-order valence-electron chi connectivity index (χ1n) is 9.87. The van der Waals surface area contributed by atoms with Crippen LogP contribution in [0.3, 0.4) is 0 Å². The van der Waals surface area contributed by atoms with E-state index >= 15 is 0 Å². The summed E-state index contributed by atoms with van der Waals surface area (Å²) in [6, 6.07) is 14.9. The van der Waals surface area contributed by atoms with E-state index in [1.165, 1.54) is 18.4 Å². The lowest BCUT2D eigenvalue weighted by atomic mass is 9.94. The molecule has 0 bridgehead atoms. The van der Waals surface area contributed by atoms with Gasteiger partial charge in [-0.2, -0.15) is 5.10 Å². The van der Waals surface area contributed by atoms with Crippen molar-refractivity contribution in [1.29, 1.82) is 0 Å². The van der Waals surface area contributed by atoms with Gasteiger partial charge in [0.25, 0.3) is 0 Å². The molecule has 3 heterocycles. The first kappa shape index (κ1) is 15.4. The number of hydrazone groups is 1. The predicted molar refractivity (Wildman–Crippen MR) is 101 cm³/mol. The third kappa shape index (κ3) is 2.27. The first-order chi connectivity index (χ1) is 13.3. The molecule has 1 aliphatic carbocycles. The fourth-order valence-corrected chi connectivity index (χ4v) is 4.88. The Morgan fingerprint density at radius 2 is 1.74 bits per heavy atom. The van der Waals surface area contributed by atoms with Crippen molar-refractivity contribution >= 4 is 5.71 Å². The SMILES string of the molecule is c1ccc2c(c1)OC1(CCCC1)N1N=C(c3ccc4c(c3)OCCO4)C[C@H]21. The molecule has 6 rings (SSSR count). The van der Waals surface area contributed by atoms with Gasteiger partial charge in [-0.05, 0) is 37.1 Å². The van der Waals surface area contributed by atoms with Gasteiger partial charge in [0.1, 0.15) is 19.0 Å². The molecule has 0 amide bonds. The van der Waals surface area contributed by atoms with Gasteiger partial charge in [0.05, 0.1) is 11.8 Å². The highest BCUT2D eigenvalue weighted by molar-refractivity contribution is 6.02. The summed E-state index contributed by atoms with van der Waals surface area (Å²) in [6.45, 7) is 1.21. The standard InChI is InChI=1S/C22H22N2O3/c1-2-6-19-16(5-1)18-14-17(23-24(18)22(27-19)9-3-4-10-22)15-7-8-20-21(13-15)26-12-11-25-20/h1-2,5-8,13,18H,3-4,9-12,14H2/t18-/m1/s1. The van der Waals surface area contributed by atoms with E-state index in [0.717, 1.165) is 47.8 Å². The van der Waals surface area contributed by atoms with Crippen molar-refractivity contribution in [3.05, 3.63) is 53.6 Å². The van der Waals surface area contributed by atoms with Crippen molar-refractivity contribution in [3.8, 4) is 17.2 Å². The Balaban J connectivity index is 1.42. The van der Waals surface area contributed by atoms with Crippen molar-refractivity contribution < 1.29 is 14.2 Å². The molecule has 1 fully saturated rings. The fourth-order valence-electron chi connectivity index (χ4n) is 4.88. The normalized spacial score (nSPS) is 24.2. The van der Waals surface area contributed by atoms with Crippen LogP contribution in [0, 0.1) is 0 Å². The fraction of sp³-hybridized carbons (Fsp3) is 0.409. The van der Waals surface area contributed by atoms with Crippen LogP contribution in [-0.2, 0) is 0 Å². The second kappa shape index (κ2) is 5.65. The quantitative estimate of drug-likeness (QED) is 0.760. The van der Waals surface area contributed by atoms with Crippen molar-refractivity contribution in [2.24, 2.45) is 5.10 Å². The van der Waals surface area contributed by atoms with E-state index < -0.39 is 0 Å². The van der Waals surface area contributed by atoms with Gasteiger partial charge in [-0.1, -0.05) is 18.2 Å². The minimum Gasteiger partial charge on any atom is -0.486 e. The van der Waals surface area contributed by atoms with Gasteiger partial charge in [-0.25, -0.2) is 5.01 Å². The molecule has 1 atom stereocenters. The Morgan fingerprint density at radius 3 is 2.63 bits per heavy atom. The maximum absolute atomic E-state index is 6.54. The van der Waals surface area contributed by atoms with Crippen molar-refractivity contribution in [1.82, 2.24) is 5.01 Å². The average molecular weight is 362 g/mol. The summed E-state index contributed by atoms with van der Waals surface area (Å²) in [5.41, 5.74) is 3.17. The highest BCUT2D eigenvalue weighted by Gasteiger charge is 2.51. The van der Waals surface area contributed by atoms with E-state index in [1.54, 1.807) is 0 Å². The van der Waals surface area contributed by atoms with Crippen molar-refractivity contribution in [2.45, 2.75) is 43.9 Å². The summed E-state index contributed by atoms with van der Waals surface area (Å²) in [4.78, 5) is 0. The predicted octanol–water partition coefficient (Wildman–Crippen LogP) is 4.27. The number of nitrogens with zero attached hydrogens (tertiary/aromatic N) is 2. The molecule has 0 saturated heterocycles. The molecular formula is C22H22N2O3. The summed E-state index contributed by atoms with van der Waals surface area (Å²) in [6.07, 6.45) is 5.35. The molecule has 5 heteroatoms. The first-order valence-corrected chi connectivity index (χ1v) is 9.87. The molecule has 4 aliphatic rings. The topological polar surface area (TPSA) is 43.3 Å². The van der Waals surface area contributed by atoms with E-state index in [2.05, 4.69) is 41.4 Å². The lowest BCUT2D eigenvalue weighted by Gasteiger charge is -2.45. The Hall–Kier alpha value is -2.69. The molecule has 3 aliphatic heterocycles. The molecule has 1 spiro atoms. The number of hydrogen-bond acceptors (Lipinski definition) is 5. The summed E-state index contributed by atoms with van der Waals surface area (Å²) >= 11 is 0. The van der Waals surface area contributed by atoms with Gasteiger partial charge in [-0.3, -0.25) is 0 Å². The molecule has 1 saturated carbocycles. The second-order valence-electron chi connectivity index (χ2n) is 7.76. The van der Waals surface area contributed by atoms with Gasteiger partial charge in [0, 0.05) is 30.4 Å². The molecular weight excluding hydrogens is 340 g/mol. The van der Waals surface area contributed by atoms with Crippen LogP contribution in [0.4, 0.5) is 0 Å². The smallest absolute Gasteiger partial charge is 0.198 e. The van der Waals surface area contributed by atoms with Crippen LogP contribution in [0.15, 0.2) is 47.6 Å². The Morgan fingerprint density at radius 1 is 0.926 bits per heavy atom. The zero-order valence-corrected chi connectivity index (χ0v) is 15.2. The van der Waals surface area contributed by atoms with Gasteiger partial charge in [0.15, 0.2) is 17.2 Å². The van der Waals surface area contributed by atoms with Gasteiger partial charge >= 0.3 is 0 Å². The zero-order valence-electron chi connectivity index (χ0n) is 15.2. The number of rotatable bonds is 1. The van der Waals surface area contributed by atoms with Crippen LogP contribution in [0.25, 0.3) is 0 Å². The van der Waals surface area contributed by atoms with Crippen LogP contribution < -0.4 is 14.2 Å². The van der Waals surface area contributed by atoms with Crippen LogP contribution in [0.2, 0.25) is 0 Å². The summed E-state index contributed by atoms with van der Waals surface area (Å²) in [7, 11) is 0. The highest BCUT2D eigenvalue weighted by atomic mass is 16.6. The number of ether oxygens (including phenoxy) is 3. The molecule has 2 aromatic carbocycles. The Labute approximate surface area is 158 Å². The van der Waals surface area contributed by atoms with Gasteiger partial charge < -0.3 is 14.2 Å². The lowest BCUT2D eigenvalue weighted by Crippen LogP contribution is -2.51. The Kier molecular flexibility index (Phi) is 3.22. The molecule has 2 aromatic rings. The maximum atomic E-state index is 6.54. The largest absolute Gasteiger partial charge is 0.486 e. The van der Waals surface area contributed by atoms with Gasteiger partial charge in [-0.15, -0.1) is 0 Å². The molecule has 5 nitrogen and oxygen atoms in total. The van der Waals surface area contributed by atoms with Gasteiger partial charge in [0.2, 0.25) is 0 Å². The van der Waals surface area contributed by atoms with Crippen LogP contribution in [-0.4, -0.2) is 29.7 Å². The van der Waals surface area contributed by atoms with Crippen LogP contribution in [0.5, 0.6) is 17.2 Å². The zero-order chi connectivity index (χ0) is 17.8. The van der Waals surface area contributed by atoms with E-state index in [9.17, 15) is 0 Å². The maximum Gasteiger partial charge on any atom is 0.198 e. The summed E-state index contributed by atoms with van der Waals surface area (Å²) < 4.78 is 18.0. The average Bonchev–Trinajstić information content (AvgIpc) is 3.36. The van der Waals surface area contributed by atoms with Crippen molar-refractivity contribution in [2.75, 3.05) is 13.2 Å². The van der Waals surface area contributed by atoms with Crippen LogP contribution in [0.1, 0.15) is 49.3 Å². The third-order valence-electron chi connectivity index (χ3n) is 6.17. The number of hydrogen-bond donors (Lipinski definition) is 0. The molecule has 138 valence electrons. The number of para-hydroxylation sites is 1. The molecule has 0 unspecified atom stereocenters. The van der Waals surface area contributed by atoms with E-state index in [0.29, 0.717) is 13.2 Å². The molecule has 27 heavy (non-hydrogen) atoms. The molecule has 0 N–H and O–H groups in total. The summed E-state index contributed by atoms with van der Waals surface area (Å²) in [5, 5.41) is 7.35. The molecule has 0 aromatic heterocycles. The minimum atomic E-state index is -0.283. The Bertz CT molecular complexity index is 933. The van der Waals surface area contributed by atoms with Crippen LogP contribution >= 0.6 is 0 Å². The highest BCUT2D eigenvalue weighted by Crippen LogP contribution is 2.52. The second-order valence-corrected chi connectivity index (χ2v) is 7.76. The minimum absolute atomic E-state index is 0.247. The number of benzene rings is 2. The monoisotopic (exact) mass is 362 g/mol. The van der Waals surface area contributed by atoms with Crippen molar-refractivity contribution in [3.63, 3.8) is 0 Å². The third-order valence-corrected chi connectivity index (χ3v) is 6.17. The number of fused-ring (bicyclic) bond motifs is 5. The molecule has 0 radical (unpaired) electrons. The lowest BCUT2D eigenvalue weighted by molar-refractivity contribution is -0.114. The van der Waals surface area contributed by atoms with E-state index in [1.807, 2.05) is 6.07 Å². The summed E-state index contributed by atoms with van der Waals surface area (Å²) in [5.74, 6) is 2.67. The van der Waals surface area contributed by atoms with E-state index in [4.69, 9.17) is 19.3 Å².